The molecule has 0 amide bonds. The fraction of sp³-hybridized carbons (Fsp3) is 0.765. The quantitative estimate of drug-likeness (QED) is 0.816. The molecule has 116 valence electrons. The maximum Gasteiger partial charge on any atom is 0.160 e. The third-order valence-electron chi connectivity index (χ3n) is 4.62. The molecule has 4 heteroatoms. The predicted octanol–water partition coefficient (Wildman–Crippen LogP) is 3.31. The van der Waals surface area contributed by atoms with Crippen LogP contribution in [0.5, 0.6) is 0 Å². The summed E-state index contributed by atoms with van der Waals surface area (Å²) in [4.78, 5) is 9.31. The van der Waals surface area contributed by atoms with Crippen LogP contribution >= 0.6 is 0 Å². The normalized spacial score (nSPS) is 22.0. The van der Waals surface area contributed by atoms with Gasteiger partial charge < -0.3 is 10.1 Å². The number of hydrogen-bond acceptors (Lipinski definition) is 4. The van der Waals surface area contributed by atoms with Crippen LogP contribution in [0.25, 0.3) is 0 Å². The van der Waals surface area contributed by atoms with Crippen LogP contribution in [0.15, 0.2) is 12.4 Å². The molecule has 0 aliphatic heterocycles. The highest BCUT2D eigenvalue weighted by Crippen LogP contribution is 2.37. The standard InChI is InChI=1S/C17H27N3O/c1-2-21-17(9-5-3-4-6-10-17)16-19-12-14(13-20-16)11-18-15-7-8-15/h12-13,15,18H,2-11H2,1H3. The van der Waals surface area contributed by atoms with E-state index in [1.807, 2.05) is 12.4 Å². The molecule has 0 bridgehead atoms. The van der Waals surface area contributed by atoms with Gasteiger partial charge in [0.1, 0.15) is 5.60 Å². The van der Waals surface area contributed by atoms with Crippen LogP contribution in [-0.4, -0.2) is 22.6 Å². The third kappa shape index (κ3) is 3.80. The Kier molecular flexibility index (Phi) is 4.86. The molecule has 21 heavy (non-hydrogen) atoms. The predicted molar refractivity (Wildman–Crippen MR) is 82.9 cm³/mol. The van der Waals surface area contributed by atoms with E-state index in [0.717, 1.165) is 37.9 Å². The molecule has 4 nitrogen and oxygen atoms in total. The Morgan fingerprint density at radius 2 is 1.81 bits per heavy atom. The summed E-state index contributed by atoms with van der Waals surface area (Å²) in [5, 5.41) is 3.51. The molecule has 0 radical (unpaired) electrons. The Morgan fingerprint density at radius 3 is 2.38 bits per heavy atom. The van der Waals surface area contributed by atoms with Crippen molar-refractivity contribution in [2.45, 2.75) is 76.5 Å². The average molecular weight is 289 g/mol. The van der Waals surface area contributed by atoms with Gasteiger partial charge in [-0.1, -0.05) is 25.7 Å². The van der Waals surface area contributed by atoms with Crippen LogP contribution in [0.2, 0.25) is 0 Å². The van der Waals surface area contributed by atoms with E-state index in [1.165, 1.54) is 44.1 Å². The minimum absolute atomic E-state index is 0.242. The van der Waals surface area contributed by atoms with Crippen LogP contribution in [0.3, 0.4) is 0 Å². The molecule has 2 saturated carbocycles. The van der Waals surface area contributed by atoms with Gasteiger partial charge in [-0.05, 0) is 32.6 Å². The maximum absolute atomic E-state index is 6.14. The van der Waals surface area contributed by atoms with Gasteiger partial charge in [0.2, 0.25) is 0 Å². The molecule has 1 N–H and O–H groups in total. The maximum atomic E-state index is 6.14. The number of nitrogens with one attached hydrogen (secondary N) is 1. The number of ether oxygens (including phenoxy) is 1. The van der Waals surface area contributed by atoms with E-state index in [9.17, 15) is 0 Å². The summed E-state index contributed by atoms with van der Waals surface area (Å²) in [5.74, 6) is 0.890. The largest absolute Gasteiger partial charge is 0.367 e. The van der Waals surface area contributed by atoms with Crippen LogP contribution < -0.4 is 5.32 Å². The molecule has 2 fully saturated rings. The molecule has 1 aromatic rings. The average Bonchev–Trinajstić information content (AvgIpc) is 3.34. The summed E-state index contributed by atoms with van der Waals surface area (Å²) >= 11 is 0. The number of hydrogen-bond donors (Lipinski definition) is 1. The van der Waals surface area contributed by atoms with E-state index in [4.69, 9.17) is 4.74 Å². The summed E-state index contributed by atoms with van der Waals surface area (Å²) in [7, 11) is 0. The smallest absolute Gasteiger partial charge is 0.160 e. The van der Waals surface area contributed by atoms with Gasteiger partial charge in [-0.25, -0.2) is 9.97 Å². The second-order valence-electron chi connectivity index (χ2n) is 6.41. The first-order chi connectivity index (χ1) is 10.3. The van der Waals surface area contributed by atoms with Gasteiger partial charge in [-0.15, -0.1) is 0 Å². The van der Waals surface area contributed by atoms with Crippen molar-refractivity contribution in [1.82, 2.24) is 15.3 Å². The first-order valence-corrected chi connectivity index (χ1v) is 8.51. The molecule has 0 unspecified atom stereocenters. The molecule has 0 atom stereocenters. The fourth-order valence-corrected chi connectivity index (χ4v) is 3.24. The lowest BCUT2D eigenvalue weighted by Crippen LogP contribution is -2.32. The van der Waals surface area contributed by atoms with Gasteiger partial charge in [0, 0.05) is 37.2 Å². The second-order valence-corrected chi connectivity index (χ2v) is 6.41. The topological polar surface area (TPSA) is 47.0 Å². The van der Waals surface area contributed by atoms with Crippen molar-refractivity contribution in [2.24, 2.45) is 0 Å². The SMILES string of the molecule is CCOC1(c2ncc(CNC3CC3)cn2)CCCCCC1. The van der Waals surface area contributed by atoms with Gasteiger partial charge >= 0.3 is 0 Å². The van der Waals surface area contributed by atoms with E-state index in [1.54, 1.807) is 0 Å². The number of aromatic nitrogens is 2. The zero-order valence-electron chi connectivity index (χ0n) is 13.1. The summed E-state index contributed by atoms with van der Waals surface area (Å²) in [5.41, 5.74) is 0.930. The molecular weight excluding hydrogens is 262 g/mol. The molecule has 2 aliphatic carbocycles. The van der Waals surface area contributed by atoms with Gasteiger partial charge in [-0.2, -0.15) is 0 Å². The van der Waals surface area contributed by atoms with Crippen molar-refractivity contribution in [3.8, 4) is 0 Å². The molecular formula is C17H27N3O. The lowest BCUT2D eigenvalue weighted by molar-refractivity contribution is -0.0624. The Morgan fingerprint density at radius 1 is 1.14 bits per heavy atom. The first kappa shape index (κ1) is 14.9. The Hall–Kier alpha value is -1.00. The third-order valence-corrected chi connectivity index (χ3v) is 4.62. The highest BCUT2D eigenvalue weighted by Gasteiger charge is 2.36. The van der Waals surface area contributed by atoms with Crippen molar-refractivity contribution >= 4 is 0 Å². The number of rotatable bonds is 6. The van der Waals surface area contributed by atoms with Crippen LogP contribution in [-0.2, 0) is 16.9 Å². The molecule has 1 aromatic heterocycles. The second kappa shape index (κ2) is 6.84. The van der Waals surface area contributed by atoms with Gasteiger partial charge in [0.05, 0.1) is 0 Å². The van der Waals surface area contributed by atoms with Crippen molar-refractivity contribution in [2.75, 3.05) is 6.61 Å². The minimum atomic E-state index is -0.242. The highest BCUT2D eigenvalue weighted by atomic mass is 16.5. The zero-order valence-corrected chi connectivity index (χ0v) is 13.1. The zero-order chi connectivity index (χ0) is 14.5. The van der Waals surface area contributed by atoms with Crippen molar-refractivity contribution < 1.29 is 4.74 Å². The molecule has 0 saturated heterocycles. The van der Waals surface area contributed by atoms with Gasteiger partial charge in [-0.3, -0.25) is 0 Å². The minimum Gasteiger partial charge on any atom is -0.367 e. The van der Waals surface area contributed by atoms with Crippen molar-refractivity contribution in [1.29, 1.82) is 0 Å². The van der Waals surface area contributed by atoms with Crippen molar-refractivity contribution in [3.63, 3.8) is 0 Å². The Bertz CT molecular complexity index is 434. The lowest BCUT2D eigenvalue weighted by Gasteiger charge is -2.31. The number of nitrogens with zero attached hydrogens (tertiary/aromatic N) is 2. The van der Waals surface area contributed by atoms with Gasteiger partial charge in [0.15, 0.2) is 5.82 Å². The first-order valence-electron chi connectivity index (χ1n) is 8.51. The van der Waals surface area contributed by atoms with E-state index in [0.29, 0.717) is 0 Å². The monoisotopic (exact) mass is 289 g/mol. The van der Waals surface area contributed by atoms with Gasteiger partial charge in [0.25, 0.3) is 0 Å². The Labute approximate surface area is 127 Å². The van der Waals surface area contributed by atoms with Crippen molar-refractivity contribution in [3.05, 3.63) is 23.8 Å². The Balaban J connectivity index is 1.71. The molecule has 0 aromatic carbocycles. The summed E-state index contributed by atoms with van der Waals surface area (Å²) in [6.07, 6.45) is 13.7. The lowest BCUT2D eigenvalue weighted by atomic mass is 9.93. The molecule has 2 aliphatic rings. The highest BCUT2D eigenvalue weighted by molar-refractivity contribution is 5.10. The summed E-state index contributed by atoms with van der Waals surface area (Å²) in [6, 6.07) is 0.723. The van der Waals surface area contributed by atoms with Crippen LogP contribution in [0.4, 0.5) is 0 Å². The van der Waals surface area contributed by atoms with E-state index in [2.05, 4.69) is 22.2 Å². The van der Waals surface area contributed by atoms with Crippen LogP contribution in [0, 0.1) is 0 Å². The van der Waals surface area contributed by atoms with E-state index in [-0.39, 0.29) is 5.60 Å². The fourth-order valence-electron chi connectivity index (χ4n) is 3.24. The van der Waals surface area contributed by atoms with E-state index >= 15 is 0 Å². The molecule has 1 heterocycles. The van der Waals surface area contributed by atoms with E-state index < -0.39 is 0 Å². The summed E-state index contributed by atoms with van der Waals surface area (Å²) in [6.45, 7) is 3.68. The van der Waals surface area contributed by atoms with Crippen LogP contribution in [0.1, 0.15) is 69.7 Å². The summed E-state index contributed by atoms with van der Waals surface area (Å²) < 4.78 is 6.14. The molecule has 3 rings (SSSR count). The molecule has 0 spiro atoms.